The minimum Gasteiger partial charge on any atom is -0.493 e. The number of hydrogen-bond acceptors (Lipinski definition) is 7. The van der Waals surface area contributed by atoms with Crippen LogP contribution in [0.5, 0.6) is 5.75 Å². The molecule has 0 aliphatic carbocycles. The van der Waals surface area contributed by atoms with Gasteiger partial charge in [0.25, 0.3) is 0 Å². The van der Waals surface area contributed by atoms with E-state index in [1.54, 1.807) is 24.1 Å². The Morgan fingerprint density at radius 3 is 2.59 bits per heavy atom. The van der Waals surface area contributed by atoms with E-state index in [0.717, 1.165) is 17.4 Å². The molecule has 32 heavy (non-hydrogen) atoms. The summed E-state index contributed by atoms with van der Waals surface area (Å²) in [6.07, 6.45) is 2.41. The normalized spacial score (nSPS) is 11.3. The predicted molar refractivity (Wildman–Crippen MR) is 120 cm³/mol. The number of carbonyl (C=O) groups is 1. The first kappa shape index (κ1) is 23.5. The summed E-state index contributed by atoms with van der Waals surface area (Å²) in [5.41, 5.74) is 2.00. The molecule has 2 aromatic carbocycles. The summed E-state index contributed by atoms with van der Waals surface area (Å²) in [6.45, 7) is 2.89. The van der Waals surface area contributed by atoms with Crippen molar-refractivity contribution in [1.29, 1.82) is 0 Å². The van der Waals surface area contributed by atoms with Gasteiger partial charge in [0.15, 0.2) is 9.84 Å². The third-order valence-corrected chi connectivity index (χ3v) is 5.99. The van der Waals surface area contributed by atoms with E-state index < -0.39 is 9.84 Å². The Balaban J connectivity index is 1.40. The molecule has 0 saturated heterocycles. The Labute approximate surface area is 188 Å². The standard InChI is InChI=1S/C23H27N3O5S/c1-17-8-10-18(11-9-17)23-25-24-21(31-23)12-13-22(27)26(2)14-5-15-30-19-6-4-7-20(16-19)32(3,28)29/h4,6-11,16H,5,12-15H2,1-3H3. The Morgan fingerprint density at radius 1 is 1.12 bits per heavy atom. The molecule has 170 valence electrons. The Morgan fingerprint density at radius 2 is 1.88 bits per heavy atom. The molecule has 0 atom stereocenters. The van der Waals surface area contributed by atoms with Crippen molar-refractivity contribution in [2.45, 2.75) is 31.1 Å². The molecule has 0 unspecified atom stereocenters. The fourth-order valence-electron chi connectivity index (χ4n) is 2.98. The van der Waals surface area contributed by atoms with Crippen molar-refractivity contribution in [2.24, 2.45) is 0 Å². The SMILES string of the molecule is Cc1ccc(-c2nnc(CCC(=O)N(C)CCCOc3cccc(S(C)(=O)=O)c3)o2)cc1. The second kappa shape index (κ2) is 10.4. The zero-order valence-corrected chi connectivity index (χ0v) is 19.3. The maximum Gasteiger partial charge on any atom is 0.247 e. The second-order valence-corrected chi connectivity index (χ2v) is 9.65. The molecular formula is C23H27N3O5S. The van der Waals surface area contributed by atoms with Gasteiger partial charge in [-0.1, -0.05) is 23.8 Å². The fourth-order valence-corrected chi connectivity index (χ4v) is 3.64. The molecule has 1 heterocycles. The number of aromatic nitrogens is 2. The maximum atomic E-state index is 12.4. The first-order valence-electron chi connectivity index (χ1n) is 10.3. The van der Waals surface area contributed by atoms with Crippen LogP contribution >= 0.6 is 0 Å². The van der Waals surface area contributed by atoms with Gasteiger partial charge in [0.2, 0.25) is 17.7 Å². The van der Waals surface area contributed by atoms with E-state index in [9.17, 15) is 13.2 Å². The molecule has 0 fully saturated rings. The fraction of sp³-hybridized carbons (Fsp3) is 0.348. The lowest BCUT2D eigenvalue weighted by molar-refractivity contribution is -0.130. The van der Waals surface area contributed by atoms with Gasteiger partial charge in [0, 0.05) is 38.3 Å². The van der Waals surface area contributed by atoms with Crippen molar-refractivity contribution >= 4 is 15.7 Å². The maximum absolute atomic E-state index is 12.4. The highest BCUT2D eigenvalue weighted by molar-refractivity contribution is 7.90. The minimum atomic E-state index is -3.28. The second-order valence-electron chi connectivity index (χ2n) is 7.63. The Kier molecular flexibility index (Phi) is 7.63. The van der Waals surface area contributed by atoms with Crippen molar-refractivity contribution in [3.8, 4) is 17.2 Å². The van der Waals surface area contributed by atoms with Crippen LogP contribution < -0.4 is 4.74 Å². The molecule has 3 aromatic rings. The summed E-state index contributed by atoms with van der Waals surface area (Å²) >= 11 is 0. The third kappa shape index (κ3) is 6.65. The van der Waals surface area contributed by atoms with Crippen molar-refractivity contribution in [1.82, 2.24) is 15.1 Å². The molecule has 8 nitrogen and oxygen atoms in total. The van der Waals surface area contributed by atoms with E-state index in [-0.39, 0.29) is 17.2 Å². The van der Waals surface area contributed by atoms with E-state index in [1.807, 2.05) is 31.2 Å². The topological polar surface area (TPSA) is 103 Å². The number of hydrogen-bond donors (Lipinski definition) is 0. The number of aryl methyl sites for hydroxylation is 2. The lowest BCUT2D eigenvalue weighted by atomic mass is 10.1. The lowest BCUT2D eigenvalue weighted by Gasteiger charge is -2.17. The van der Waals surface area contributed by atoms with Gasteiger partial charge in [0.1, 0.15) is 5.75 Å². The number of nitrogens with zero attached hydrogens (tertiary/aromatic N) is 3. The number of amides is 1. The molecule has 1 aromatic heterocycles. The van der Waals surface area contributed by atoms with Crippen molar-refractivity contribution in [3.05, 3.63) is 60.0 Å². The van der Waals surface area contributed by atoms with E-state index in [2.05, 4.69) is 10.2 Å². The minimum absolute atomic E-state index is 0.0286. The summed E-state index contributed by atoms with van der Waals surface area (Å²) in [6, 6.07) is 14.2. The van der Waals surface area contributed by atoms with E-state index in [4.69, 9.17) is 9.15 Å². The van der Waals surface area contributed by atoms with Crippen LogP contribution in [0.1, 0.15) is 24.3 Å². The van der Waals surface area contributed by atoms with Crippen LogP contribution in [0, 0.1) is 6.92 Å². The van der Waals surface area contributed by atoms with Gasteiger partial charge in [0.05, 0.1) is 11.5 Å². The number of carbonyl (C=O) groups excluding carboxylic acids is 1. The van der Waals surface area contributed by atoms with Crippen molar-refractivity contribution in [2.75, 3.05) is 26.5 Å². The van der Waals surface area contributed by atoms with Crippen LogP contribution in [-0.4, -0.2) is 55.9 Å². The zero-order valence-electron chi connectivity index (χ0n) is 18.4. The molecule has 3 rings (SSSR count). The van der Waals surface area contributed by atoms with Gasteiger partial charge < -0.3 is 14.1 Å². The number of ether oxygens (including phenoxy) is 1. The molecule has 0 N–H and O–H groups in total. The van der Waals surface area contributed by atoms with Crippen LogP contribution in [0.2, 0.25) is 0 Å². The van der Waals surface area contributed by atoms with Gasteiger partial charge >= 0.3 is 0 Å². The molecule has 0 spiro atoms. The van der Waals surface area contributed by atoms with E-state index >= 15 is 0 Å². The largest absolute Gasteiger partial charge is 0.493 e. The molecule has 0 aliphatic heterocycles. The van der Waals surface area contributed by atoms with Gasteiger partial charge in [-0.15, -0.1) is 10.2 Å². The van der Waals surface area contributed by atoms with Crippen molar-refractivity contribution in [3.63, 3.8) is 0 Å². The number of benzene rings is 2. The van der Waals surface area contributed by atoms with Crippen LogP contribution in [0.25, 0.3) is 11.5 Å². The summed E-state index contributed by atoms with van der Waals surface area (Å²) < 4.78 is 34.5. The van der Waals surface area contributed by atoms with Crippen LogP contribution in [0.4, 0.5) is 0 Å². The van der Waals surface area contributed by atoms with E-state index in [1.165, 1.54) is 12.1 Å². The molecule has 9 heteroatoms. The van der Waals surface area contributed by atoms with Crippen LogP contribution in [0.15, 0.2) is 57.8 Å². The lowest BCUT2D eigenvalue weighted by Crippen LogP contribution is -2.28. The first-order valence-corrected chi connectivity index (χ1v) is 12.2. The molecular weight excluding hydrogens is 430 g/mol. The van der Waals surface area contributed by atoms with Crippen LogP contribution in [-0.2, 0) is 21.1 Å². The number of sulfone groups is 1. The molecule has 0 bridgehead atoms. The summed E-state index contributed by atoms with van der Waals surface area (Å²) in [4.78, 5) is 14.2. The molecule has 0 radical (unpaired) electrons. The van der Waals surface area contributed by atoms with Gasteiger partial charge in [-0.25, -0.2) is 8.42 Å². The smallest absolute Gasteiger partial charge is 0.247 e. The zero-order chi connectivity index (χ0) is 23.1. The van der Waals surface area contributed by atoms with Gasteiger partial charge in [-0.2, -0.15) is 0 Å². The predicted octanol–water partition coefficient (Wildman–Crippen LogP) is 3.31. The summed E-state index contributed by atoms with van der Waals surface area (Å²) in [7, 11) is -1.54. The highest BCUT2D eigenvalue weighted by Gasteiger charge is 2.13. The molecule has 1 amide bonds. The quantitative estimate of drug-likeness (QED) is 0.430. The van der Waals surface area contributed by atoms with Crippen molar-refractivity contribution < 1.29 is 22.4 Å². The Hall–Kier alpha value is -3.20. The third-order valence-electron chi connectivity index (χ3n) is 4.88. The highest BCUT2D eigenvalue weighted by atomic mass is 32.2. The number of rotatable bonds is 10. The molecule has 0 aliphatic rings. The average Bonchev–Trinajstić information content (AvgIpc) is 3.24. The average molecular weight is 458 g/mol. The van der Waals surface area contributed by atoms with Gasteiger partial charge in [-0.05, 0) is 43.7 Å². The first-order chi connectivity index (χ1) is 15.2. The monoisotopic (exact) mass is 457 g/mol. The van der Waals surface area contributed by atoms with Gasteiger partial charge in [-0.3, -0.25) is 4.79 Å². The highest BCUT2D eigenvalue weighted by Crippen LogP contribution is 2.19. The summed E-state index contributed by atoms with van der Waals surface area (Å²) in [5, 5.41) is 8.08. The van der Waals surface area contributed by atoms with E-state index in [0.29, 0.717) is 43.5 Å². The molecule has 0 saturated carbocycles. The van der Waals surface area contributed by atoms with Crippen LogP contribution in [0.3, 0.4) is 0 Å². The summed E-state index contributed by atoms with van der Waals surface area (Å²) in [5.74, 6) is 1.33. The Bertz CT molecular complexity index is 1160.